The number of nitrogens with zero attached hydrogens (tertiary/aromatic N) is 4. The molecule has 2 heterocycles. The Bertz CT molecular complexity index is 1020. The lowest BCUT2D eigenvalue weighted by Gasteiger charge is -2.05. The zero-order chi connectivity index (χ0) is 19.0. The number of nitro groups is 1. The number of rotatable bonds is 5. The summed E-state index contributed by atoms with van der Waals surface area (Å²) < 4.78 is 6.42. The number of fused-ring (bicyclic) bond motifs is 1. The maximum absolute atomic E-state index is 11.3. The molecule has 1 aliphatic rings. The SMILES string of the molecule is CCO[n+]1ccc(-c2nc(-c3cccc4c3CCC4O)no2)cc1[N+](=O)[O-]. The molecule has 3 aromatic rings. The minimum absolute atomic E-state index is 0.174. The highest BCUT2D eigenvalue weighted by Crippen LogP contribution is 2.37. The Kier molecular flexibility index (Phi) is 4.28. The van der Waals surface area contributed by atoms with Crippen molar-refractivity contribution < 1.29 is 24.1 Å². The number of pyridine rings is 1. The predicted octanol–water partition coefficient (Wildman–Crippen LogP) is 2.03. The van der Waals surface area contributed by atoms with E-state index in [2.05, 4.69) is 10.1 Å². The smallest absolute Gasteiger partial charge is 0.388 e. The van der Waals surface area contributed by atoms with Crippen LogP contribution in [0, 0.1) is 10.1 Å². The highest BCUT2D eigenvalue weighted by atomic mass is 16.7. The van der Waals surface area contributed by atoms with Gasteiger partial charge < -0.3 is 9.63 Å². The first-order valence-electron chi connectivity index (χ1n) is 8.56. The highest BCUT2D eigenvalue weighted by Gasteiger charge is 2.28. The third kappa shape index (κ3) is 3.02. The van der Waals surface area contributed by atoms with Gasteiger partial charge in [-0.25, -0.2) is 0 Å². The van der Waals surface area contributed by atoms with Crippen molar-refractivity contribution in [2.75, 3.05) is 6.61 Å². The van der Waals surface area contributed by atoms with Crippen LogP contribution in [0.2, 0.25) is 0 Å². The quantitative estimate of drug-likeness (QED) is 0.415. The van der Waals surface area contributed by atoms with Crippen molar-refractivity contribution in [2.45, 2.75) is 25.9 Å². The summed E-state index contributed by atoms with van der Waals surface area (Å²) in [5, 5.41) is 25.3. The van der Waals surface area contributed by atoms with Crippen molar-refractivity contribution in [3.63, 3.8) is 0 Å². The normalized spacial score (nSPS) is 15.6. The highest BCUT2D eigenvalue weighted by molar-refractivity contribution is 5.65. The lowest BCUT2D eigenvalue weighted by Crippen LogP contribution is -2.44. The van der Waals surface area contributed by atoms with Crippen molar-refractivity contribution >= 4 is 5.82 Å². The van der Waals surface area contributed by atoms with Gasteiger partial charge in [-0.15, -0.1) is 0 Å². The molecule has 0 saturated carbocycles. The minimum atomic E-state index is -0.540. The number of aliphatic hydroxyl groups is 1. The molecule has 0 spiro atoms. The van der Waals surface area contributed by atoms with Gasteiger partial charge in [0.1, 0.15) is 11.0 Å². The Hall–Kier alpha value is -3.33. The average Bonchev–Trinajstić information content (AvgIpc) is 3.30. The van der Waals surface area contributed by atoms with E-state index in [-0.39, 0.29) is 11.7 Å². The summed E-state index contributed by atoms with van der Waals surface area (Å²) in [5.74, 6) is 0.325. The Morgan fingerprint density at radius 2 is 2.30 bits per heavy atom. The molecule has 0 bridgehead atoms. The third-order valence-electron chi connectivity index (χ3n) is 4.51. The molecule has 0 fully saturated rings. The van der Waals surface area contributed by atoms with Crippen LogP contribution in [0.15, 0.2) is 41.1 Å². The standard InChI is InChI=1S/C18H17N4O5/c1-2-26-21-9-8-11(10-16(21)22(24)25)18-19-17(20-27-18)14-5-3-4-13-12(14)6-7-15(13)23/h3-5,8-10,15,23H,2,6-7H2,1H3/q+1. The summed E-state index contributed by atoms with van der Waals surface area (Å²) in [5.41, 5.74) is 3.11. The Labute approximate surface area is 153 Å². The molecule has 1 aliphatic carbocycles. The minimum Gasteiger partial charge on any atom is -0.388 e. The van der Waals surface area contributed by atoms with Crippen molar-refractivity contribution in [1.29, 1.82) is 0 Å². The van der Waals surface area contributed by atoms with Crippen LogP contribution in [-0.4, -0.2) is 26.8 Å². The zero-order valence-corrected chi connectivity index (χ0v) is 14.5. The summed E-state index contributed by atoms with van der Waals surface area (Å²) in [4.78, 5) is 20.3. The molecule has 4 rings (SSSR count). The molecule has 1 unspecified atom stereocenters. The van der Waals surface area contributed by atoms with E-state index in [0.717, 1.165) is 27.8 Å². The first-order valence-corrected chi connectivity index (χ1v) is 8.56. The maximum atomic E-state index is 11.3. The molecule has 9 heteroatoms. The number of aromatic nitrogens is 3. The molecule has 0 aliphatic heterocycles. The van der Waals surface area contributed by atoms with Crippen molar-refractivity contribution in [3.8, 4) is 22.8 Å². The molecule has 1 N–H and O–H groups in total. The van der Waals surface area contributed by atoms with E-state index in [1.807, 2.05) is 18.2 Å². The van der Waals surface area contributed by atoms with Gasteiger partial charge in [0.15, 0.2) is 6.61 Å². The van der Waals surface area contributed by atoms with Gasteiger partial charge >= 0.3 is 5.82 Å². The van der Waals surface area contributed by atoms with E-state index >= 15 is 0 Å². The molecule has 9 nitrogen and oxygen atoms in total. The summed E-state index contributed by atoms with van der Waals surface area (Å²) in [6, 6.07) is 8.55. The number of hydrogen-bond acceptors (Lipinski definition) is 7. The van der Waals surface area contributed by atoms with Gasteiger partial charge in [-0.05, 0) is 30.9 Å². The lowest BCUT2D eigenvalue weighted by atomic mass is 10.0. The Balaban J connectivity index is 1.72. The lowest BCUT2D eigenvalue weighted by molar-refractivity contribution is -0.906. The zero-order valence-electron chi connectivity index (χ0n) is 14.5. The van der Waals surface area contributed by atoms with Crippen LogP contribution >= 0.6 is 0 Å². The van der Waals surface area contributed by atoms with Crippen LogP contribution < -0.4 is 9.57 Å². The van der Waals surface area contributed by atoms with Gasteiger partial charge in [0.25, 0.3) is 5.89 Å². The largest absolute Gasteiger partial charge is 0.549 e. The Morgan fingerprint density at radius 3 is 3.07 bits per heavy atom. The maximum Gasteiger partial charge on any atom is 0.549 e. The topological polar surface area (TPSA) is 115 Å². The van der Waals surface area contributed by atoms with Crippen LogP contribution in [0.4, 0.5) is 5.82 Å². The van der Waals surface area contributed by atoms with Crippen LogP contribution in [0.25, 0.3) is 22.8 Å². The Morgan fingerprint density at radius 1 is 1.44 bits per heavy atom. The number of aliphatic hydroxyl groups excluding tert-OH is 1. The van der Waals surface area contributed by atoms with E-state index in [0.29, 0.717) is 24.4 Å². The summed E-state index contributed by atoms with van der Waals surface area (Å²) in [6.07, 6.45) is 2.37. The van der Waals surface area contributed by atoms with Crippen molar-refractivity contribution in [3.05, 3.63) is 57.8 Å². The van der Waals surface area contributed by atoms with E-state index in [4.69, 9.17) is 9.36 Å². The molecule has 27 heavy (non-hydrogen) atoms. The molecular formula is C18H17N4O5+. The van der Waals surface area contributed by atoms with Gasteiger partial charge in [0.05, 0.1) is 16.4 Å². The van der Waals surface area contributed by atoms with E-state index in [1.54, 1.807) is 13.0 Å². The summed E-state index contributed by atoms with van der Waals surface area (Å²) >= 11 is 0. The molecule has 138 valence electrons. The van der Waals surface area contributed by atoms with Gasteiger partial charge in [0.2, 0.25) is 12.0 Å². The fourth-order valence-electron chi connectivity index (χ4n) is 3.28. The van der Waals surface area contributed by atoms with Crippen LogP contribution in [-0.2, 0) is 6.42 Å². The van der Waals surface area contributed by atoms with Crippen LogP contribution in [0.3, 0.4) is 0 Å². The van der Waals surface area contributed by atoms with Crippen LogP contribution in [0.5, 0.6) is 0 Å². The van der Waals surface area contributed by atoms with E-state index < -0.39 is 11.0 Å². The van der Waals surface area contributed by atoms with Gasteiger partial charge in [-0.3, -0.25) is 15.0 Å². The molecular weight excluding hydrogens is 352 g/mol. The van der Waals surface area contributed by atoms with E-state index in [1.165, 1.54) is 12.3 Å². The monoisotopic (exact) mass is 369 g/mol. The van der Waals surface area contributed by atoms with Gasteiger partial charge in [-0.2, -0.15) is 4.98 Å². The van der Waals surface area contributed by atoms with E-state index in [9.17, 15) is 15.2 Å². The fraction of sp³-hybridized carbons (Fsp3) is 0.278. The van der Waals surface area contributed by atoms with Crippen molar-refractivity contribution in [1.82, 2.24) is 10.1 Å². The molecule has 1 atom stereocenters. The number of hydrogen-bond donors (Lipinski definition) is 1. The first kappa shape index (κ1) is 17.1. The molecule has 2 aromatic heterocycles. The first-order chi connectivity index (χ1) is 13.1. The second-order valence-corrected chi connectivity index (χ2v) is 6.13. The second-order valence-electron chi connectivity index (χ2n) is 6.13. The van der Waals surface area contributed by atoms with Crippen LogP contribution in [0.1, 0.15) is 30.6 Å². The average molecular weight is 369 g/mol. The van der Waals surface area contributed by atoms with Gasteiger partial charge in [-0.1, -0.05) is 23.4 Å². The summed E-state index contributed by atoms with van der Waals surface area (Å²) in [6.45, 7) is 2.03. The molecule has 0 saturated heterocycles. The third-order valence-corrected chi connectivity index (χ3v) is 4.51. The van der Waals surface area contributed by atoms with Crippen molar-refractivity contribution in [2.24, 2.45) is 0 Å². The molecule has 0 radical (unpaired) electrons. The fourth-order valence-corrected chi connectivity index (χ4v) is 3.28. The number of benzene rings is 1. The predicted molar refractivity (Wildman–Crippen MR) is 92.4 cm³/mol. The van der Waals surface area contributed by atoms with Gasteiger partial charge in [0, 0.05) is 11.6 Å². The molecule has 0 amide bonds. The molecule has 1 aromatic carbocycles. The second kappa shape index (κ2) is 6.76. The summed E-state index contributed by atoms with van der Waals surface area (Å²) in [7, 11) is 0.